The fourth-order valence-corrected chi connectivity index (χ4v) is 4.19. The van der Waals surface area contributed by atoms with Crippen molar-refractivity contribution in [2.45, 2.75) is 45.3 Å². The van der Waals surface area contributed by atoms with Gasteiger partial charge in [-0.15, -0.1) is 5.10 Å². The van der Waals surface area contributed by atoms with Gasteiger partial charge in [-0.3, -0.25) is 0 Å². The number of anilines is 2. The molecule has 0 bridgehead atoms. The van der Waals surface area contributed by atoms with Crippen LogP contribution in [0, 0.1) is 19.7 Å². The van der Waals surface area contributed by atoms with Crippen LogP contribution in [0.4, 0.5) is 24.7 Å². The van der Waals surface area contributed by atoms with Crippen molar-refractivity contribution in [2.24, 2.45) is 0 Å². The van der Waals surface area contributed by atoms with Gasteiger partial charge in [-0.05, 0) is 39.8 Å². The number of hydrogen-bond donors (Lipinski definition) is 3. The van der Waals surface area contributed by atoms with E-state index in [4.69, 9.17) is 5.11 Å². The van der Waals surface area contributed by atoms with Crippen molar-refractivity contribution in [3.63, 3.8) is 0 Å². The molecule has 1 atom stereocenters. The van der Waals surface area contributed by atoms with E-state index in [1.54, 1.807) is 20.8 Å². The van der Waals surface area contributed by atoms with Gasteiger partial charge in [-0.2, -0.15) is 13.9 Å². The van der Waals surface area contributed by atoms with Crippen molar-refractivity contribution in [3.8, 4) is 0 Å². The number of benzene rings is 1. The number of fused-ring (bicyclic) bond motifs is 1. The summed E-state index contributed by atoms with van der Waals surface area (Å²) in [5.74, 6) is -4.44. The zero-order chi connectivity index (χ0) is 24.1. The highest BCUT2D eigenvalue weighted by Gasteiger charge is 2.38. The Morgan fingerprint density at radius 3 is 2.55 bits per heavy atom. The molecule has 7 nitrogen and oxygen atoms in total. The largest absolute Gasteiger partial charge is 0.390 e. The molecule has 0 spiro atoms. The van der Waals surface area contributed by atoms with Crippen LogP contribution >= 0.6 is 0 Å². The molecule has 1 aromatic carbocycles. The predicted molar refractivity (Wildman–Crippen MR) is 119 cm³/mol. The van der Waals surface area contributed by atoms with E-state index in [-0.39, 0.29) is 5.56 Å². The molecule has 3 aromatic rings. The number of aliphatic hydroxyl groups is 2. The van der Waals surface area contributed by atoms with Crippen LogP contribution in [-0.4, -0.2) is 50.7 Å². The number of nitrogens with one attached hydrogen (secondary N) is 1. The zero-order valence-electron chi connectivity index (χ0n) is 18.8. The van der Waals surface area contributed by atoms with Gasteiger partial charge in [0.05, 0.1) is 39.8 Å². The van der Waals surface area contributed by atoms with E-state index in [2.05, 4.69) is 20.5 Å². The van der Waals surface area contributed by atoms with Gasteiger partial charge >= 0.3 is 0 Å². The van der Waals surface area contributed by atoms with Crippen molar-refractivity contribution in [2.75, 3.05) is 29.9 Å². The molecule has 1 saturated heterocycles. The van der Waals surface area contributed by atoms with Crippen molar-refractivity contribution >= 4 is 22.4 Å². The van der Waals surface area contributed by atoms with Crippen LogP contribution in [-0.2, 0) is 5.92 Å². The molecule has 33 heavy (non-hydrogen) atoms. The van der Waals surface area contributed by atoms with Gasteiger partial charge in [0.1, 0.15) is 12.4 Å². The molecule has 10 heteroatoms. The second-order valence-electron chi connectivity index (χ2n) is 8.91. The quantitative estimate of drug-likeness (QED) is 0.516. The minimum Gasteiger partial charge on any atom is -0.390 e. The van der Waals surface area contributed by atoms with Gasteiger partial charge in [-0.25, -0.2) is 9.37 Å². The number of alkyl halides is 2. The first-order valence-electron chi connectivity index (χ1n) is 10.6. The Labute approximate surface area is 189 Å². The molecule has 0 unspecified atom stereocenters. The fourth-order valence-electron chi connectivity index (χ4n) is 4.19. The van der Waals surface area contributed by atoms with Gasteiger partial charge in [0, 0.05) is 24.0 Å². The van der Waals surface area contributed by atoms with Gasteiger partial charge in [0.2, 0.25) is 0 Å². The summed E-state index contributed by atoms with van der Waals surface area (Å²) < 4.78 is 42.8. The lowest BCUT2D eigenvalue weighted by atomic mass is 9.95. The van der Waals surface area contributed by atoms with Crippen LogP contribution in [0.5, 0.6) is 0 Å². The highest BCUT2D eigenvalue weighted by Crippen LogP contribution is 2.36. The van der Waals surface area contributed by atoms with Gasteiger partial charge < -0.3 is 20.4 Å². The van der Waals surface area contributed by atoms with Crippen molar-refractivity contribution in [3.05, 3.63) is 52.6 Å². The Hall–Kier alpha value is -2.98. The molecular formula is C23H26F3N5O2. The SMILES string of the molecule is Cc1nc2c(C)nnc(N[C@H](C)c3cccc(C(F)(F)CO)c3F)c2cc1N1CC(C)(O)C1. The lowest BCUT2D eigenvalue weighted by Crippen LogP contribution is -2.60. The van der Waals surface area contributed by atoms with Gasteiger partial charge in [0.15, 0.2) is 5.82 Å². The van der Waals surface area contributed by atoms with Gasteiger partial charge in [-0.1, -0.05) is 12.1 Å². The smallest absolute Gasteiger partial charge is 0.298 e. The van der Waals surface area contributed by atoms with E-state index < -0.39 is 35.6 Å². The average Bonchev–Trinajstić information content (AvgIpc) is 2.73. The number of rotatable bonds is 6. The topological polar surface area (TPSA) is 94.4 Å². The molecule has 4 rings (SSSR count). The fraction of sp³-hybridized carbons (Fsp3) is 0.435. The first-order valence-corrected chi connectivity index (χ1v) is 10.6. The van der Waals surface area contributed by atoms with E-state index in [0.29, 0.717) is 35.5 Å². The maximum atomic E-state index is 14.9. The Morgan fingerprint density at radius 1 is 1.21 bits per heavy atom. The van der Waals surface area contributed by atoms with Crippen LogP contribution in [0.3, 0.4) is 0 Å². The molecule has 0 radical (unpaired) electrons. The average molecular weight is 461 g/mol. The standard InChI is InChI=1S/C23H26F3N5O2/c1-12(15-6-5-7-17(19(15)24)23(25,26)11-32)28-21-16-8-18(31-9-22(4,33)10-31)13(2)27-20(16)14(3)29-30-21/h5-8,12,32-33H,9-11H2,1-4H3,(H,28,30)/t12-/m1/s1. The van der Waals surface area contributed by atoms with Gasteiger partial charge in [0.25, 0.3) is 5.92 Å². The molecule has 1 aliphatic rings. The number of aryl methyl sites for hydroxylation is 2. The van der Waals surface area contributed by atoms with Crippen molar-refractivity contribution in [1.29, 1.82) is 0 Å². The molecule has 176 valence electrons. The number of halogens is 3. The minimum absolute atomic E-state index is 0.00948. The molecular weight excluding hydrogens is 435 g/mol. The summed E-state index contributed by atoms with van der Waals surface area (Å²) >= 11 is 0. The molecule has 0 amide bonds. The Balaban J connectivity index is 1.72. The van der Waals surface area contributed by atoms with E-state index in [0.717, 1.165) is 17.4 Å². The Kier molecular flexibility index (Phi) is 5.69. The minimum atomic E-state index is -3.69. The number of aromatic nitrogens is 3. The van der Waals surface area contributed by atoms with E-state index in [1.165, 1.54) is 12.1 Å². The second-order valence-corrected chi connectivity index (χ2v) is 8.91. The number of aliphatic hydroxyl groups excluding tert-OH is 1. The first-order chi connectivity index (χ1) is 15.4. The lowest BCUT2D eigenvalue weighted by Gasteiger charge is -2.46. The van der Waals surface area contributed by atoms with E-state index in [1.807, 2.05) is 17.9 Å². The van der Waals surface area contributed by atoms with Crippen LogP contribution in [0.25, 0.3) is 10.9 Å². The summed E-state index contributed by atoms with van der Waals surface area (Å²) in [7, 11) is 0. The molecule has 2 aromatic heterocycles. The van der Waals surface area contributed by atoms with Crippen LogP contribution < -0.4 is 10.2 Å². The number of hydrogen-bond acceptors (Lipinski definition) is 7. The number of β-amino-alcohol motifs (C(OH)–C–C–N with tert-alkyl or cyclic N) is 1. The molecule has 0 saturated carbocycles. The third-order valence-electron chi connectivity index (χ3n) is 5.93. The normalized spacial score (nSPS) is 16.6. The third kappa shape index (κ3) is 4.20. The summed E-state index contributed by atoms with van der Waals surface area (Å²) in [6.07, 6.45) is 0. The molecule has 3 heterocycles. The maximum Gasteiger partial charge on any atom is 0.298 e. The third-order valence-corrected chi connectivity index (χ3v) is 5.93. The van der Waals surface area contributed by atoms with Crippen LogP contribution in [0.1, 0.15) is 42.4 Å². The molecule has 1 aliphatic heterocycles. The van der Waals surface area contributed by atoms with E-state index in [9.17, 15) is 18.3 Å². The maximum absolute atomic E-state index is 14.9. The van der Waals surface area contributed by atoms with Crippen LogP contribution in [0.15, 0.2) is 24.3 Å². The van der Waals surface area contributed by atoms with Crippen molar-refractivity contribution in [1.82, 2.24) is 15.2 Å². The summed E-state index contributed by atoms with van der Waals surface area (Å²) in [6, 6.07) is 4.87. The van der Waals surface area contributed by atoms with Crippen LogP contribution in [0.2, 0.25) is 0 Å². The highest BCUT2D eigenvalue weighted by molar-refractivity contribution is 5.93. The molecule has 3 N–H and O–H groups in total. The molecule has 1 fully saturated rings. The zero-order valence-corrected chi connectivity index (χ0v) is 18.8. The monoisotopic (exact) mass is 461 g/mol. The summed E-state index contributed by atoms with van der Waals surface area (Å²) in [5, 5.41) is 31.2. The Bertz CT molecular complexity index is 1210. The number of nitrogens with zero attached hydrogens (tertiary/aromatic N) is 4. The summed E-state index contributed by atoms with van der Waals surface area (Å²) in [4.78, 5) is 6.68. The van der Waals surface area contributed by atoms with E-state index >= 15 is 0 Å². The second kappa shape index (κ2) is 8.11. The predicted octanol–water partition coefficient (Wildman–Crippen LogP) is 3.61. The lowest BCUT2D eigenvalue weighted by molar-refractivity contribution is -0.0583. The summed E-state index contributed by atoms with van der Waals surface area (Å²) in [5.41, 5.74) is 1.24. The Morgan fingerprint density at radius 2 is 1.91 bits per heavy atom. The summed E-state index contributed by atoms with van der Waals surface area (Å²) in [6.45, 7) is 6.50. The number of pyridine rings is 1. The first kappa shape index (κ1) is 23.2. The highest BCUT2D eigenvalue weighted by atomic mass is 19.3. The molecule has 0 aliphatic carbocycles. The van der Waals surface area contributed by atoms with Crippen molar-refractivity contribution < 1.29 is 23.4 Å².